The Morgan fingerprint density at radius 3 is 2.58 bits per heavy atom. The molecule has 1 aromatic carbocycles. The molecule has 0 aliphatic rings. The van der Waals surface area contributed by atoms with Crippen molar-refractivity contribution in [3.8, 4) is 0 Å². The van der Waals surface area contributed by atoms with Crippen molar-refractivity contribution in [3.05, 3.63) is 24.0 Å². The number of unbranched alkanes of at least 4 members (excludes halogenated alkanes) is 1. The average Bonchev–Trinajstić information content (AvgIpc) is 2.27. The van der Waals surface area contributed by atoms with Gasteiger partial charge in [0, 0.05) is 6.54 Å². The maximum absolute atomic E-state index is 13.5. The summed E-state index contributed by atoms with van der Waals surface area (Å²) in [4.78, 5) is -0.459. The van der Waals surface area contributed by atoms with E-state index in [0.29, 0.717) is 12.5 Å². The van der Waals surface area contributed by atoms with E-state index in [0.717, 1.165) is 25.3 Å². The van der Waals surface area contributed by atoms with Gasteiger partial charge < -0.3 is 5.73 Å². The van der Waals surface area contributed by atoms with Crippen LogP contribution < -0.4 is 10.5 Å². The Balaban J connectivity index is 2.62. The van der Waals surface area contributed by atoms with Crippen LogP contribution in [-0.2, 0) is 10.0 Å². The molecule has 0 spiro atoms. The SMILES string of the molecule is CC(C)CCCCNS(=O)(=O)c1c(N)cccc1F. The number of hydrogen-bond donors (Lipinski definition) is 2. The molecule has 0 amide bonds. The molecule has 0 unspecified atom stereocenters. The molecule has 0 bridgehead atoms. The Hall–Kier alpha value is -1.14. The Bertz CT molecular complexity index is 495. The van der Waals surface area contributed by atoms with E-state index in [-0.39, 0.29) is 5.69 Å². The summed E-state index contributed by atoms with van der Waals surface area (Å²) in [5.41, 5.74) is 5.44. The summed E-state index contributed by atoms with van der Waals surface area (Å²) in [7, 11) is -3.87. The zero-order chi connectivity index (χ0) is 14.5. The number of anilines is 1. The summed E-state index contributed by atoms with van der Waals surface area (Å²) in [5, 5.41) is 0. The van der Waals surface area contributed by atoms with E-state index >= 15 is 0 Å². The monoisotopic (exact) mass is 288 g/mol. The molecule has 0 aliphatic carbocycles. The molecule has 0 saturated heterocycles. The summed E-state index contributed by atoms with van der Waals surface area (Å²) in [5.74, 6) is -0.228. The second kappa shape index (κ2) is 6.86. The van der Waals surface area contributed by atoms with E-state index in [2.05, 4.69) is 18.6 Å². The van der Waals surface area contributed by atoms with E-state index in [9.17, 15) is 12.8 Å². The van der Waals surface area contributed by atoms with Crippen molar-refractivity contribution >= 4 is 15.7 Å². The second-order valence-electron chi connectivity index (χ2n) is 4.95. The van der Waals surface area contributed by atoms with Crippen molar-refractivity contribution in [2.75, 3.05) is 12.3 Å². The maximum Gasteiger partial charge on any atom is 0.245 e. The van der Waals surface area contributed by atoms with Gasteiger partial charge in [0.05, 0.1) is 5.69 Å². The molecule has 0 atom stereocenters. The van der Waals surface area contributed by atoms with Crippen molar-refractivity contribution in [2.45, 2.75) is 38.0 Å². The van der Waals surface area contributed by atoms with Crippen molar-refractivity contribution in [2.24, 2.45) is 5.92 Å². The summed E-state index contributed by atoms with van der Waals surface area (Å²) in [6.45, 7) is 4.53. The van der Waals surface area contributed by atoms with E-state index < -0.39 is 20.7 Å². The smallest absolute Gasteiger partial charge is 0.245 e. The number of benzene rings is 1. The fourth-order valence-corrected chi connectivity index (χ4v) is 3.03. The van der Waals surface area contributed by atoms with Gasteiger partial charge in [-0.15, -0.1) is 0 Å². The van der Waals surface area contributed by atoms with E-state index in [1.807, 2.05) is 0 Å². The third kappa shape index (κ3) is 4.80. The highest BCUT2D eigenvalue weighted by Crippen LogP contribution is 2.21. The Morgan fingerprint density at radius 1 is 1.32 bits per heavy atom. The molecule has 1 aromatic rings. The van der Waals surface area contributed by atoms with Gasteiger partial charge in [0.1, 0.15) is 10.7 Å². The van der Waals surface area contributed by atoms with Crippen LogP contribution in [0.15, 0.2) is 23.1 Å². The average molecular weight is 288 g/mol. The van der Waals surface area contributed by atoms with Gasteiger partial charge in [0.2, 0.25) is 10.0 Å². The number of sulfonamides is 1. The topological polar surface area (TPSA) is 72.2 Å². The van der Waals surface area contributed by atoms with Crippen LogP contribution in [0.25, 0.3) is 0 Å². The maximum atomic E-state index is 13.5. The first kappa shape index (κ1) is 15.9. The number of hydrogen-bond acceptors (Lipinski definition) is 3. The van der Waals surface area contributed by atoms with Crippen LogP contribution in [0.2, 0.25) is 0 Å². The Kier molecular flexibility index (Phi) is 5.75. The van der Waals surface area contributed by atoms with Crippen molar-refractivity contribution in [3.63, 3.8) is 0 Å². The van der Waals surface area contributed by atoms with Gasteiger partial charge in [-0.1, -0.05) is 32.8 Å². The van der Waals surface area contributed by atoms with Crippen molar-refractivity contribution in [1.29, 1.82) is 0 Å². The quantitative estimate of drug-likeness (QED) is 0.598. The molecule has 108 valence electrons. The number of nitrogens with two attached hydrogens (primary N) is 1. The molecule has 4 nitrogen and oxygen atoms in total. The molecule has 3 N–H and O–H groups in total. The first-order valence-corrected chi connectivity index (χ1v) is 7.86. The molecule has 0 heterocycles. The highest BCUT2D eigenvalue weighted by Gasteiger charge is 2.21. The van der Waals surface area contributed by atoms with E-state index in [1.54, 1.807) is 0 Å². The van der Waals surface area contributed by atoms with E-state index in [4.69, 9.17) is 5.73 Å². The number of halogens is 1. The molecular weight excluding hydrogens is 267 g/mol. The van der Waals surface area contributed by atoms with Crippen LogP contribution in [0.3, 0.4) is 0 Å². The third-order valence-corrected chi connectivity index (χ3v) is 4.32. The number of nitrogens with one attached hydrogen (secondary N) is 1. The molecule has 1 rings (SSSR count). The van der Waals surface area contributed by atoms with Gasteiger partial charge >= 0.3 is 0 Å². The largest absolute Gasteiger partial charge is 0.398 e. The zero-order valence-electron chi connectivity index (χ0n) is 11.3. The first-order valence-electron chi connectivity index (χ1n) is 6.38. The van der Waals surface area contributed by atoms with Gasteiger partial charge in [-0.3, -0.25) is 0 Å². The van der Waals surface area contributed by atoms with Crippen LogP contribution in [0, 0.1) is 11.7 Å². The minimum atomic E-state index is -3.87. The van der Waals surface area contributed by atoms with Gasteiger partial charge in [0.25, 0.3) is 0 Å². The third-order valence-electron chi connectivity index (χ3n) is 2.77. The number of rotatable bonds is 7. The molecule has 0 radical (unpaired) electrons. The van der Waals surface area contributed by atoms with Crippen LogP contribution >= 0.6 is 0 Å². The Labute approximate surface area is 114 Å². The zero-order valence-corrected chi connectivity index (χ0v) is 12.1. The lowest BCUT2D eigenvalue weighted by atomic mass is 10.1. The highest BCUT2D eigenvalue weighted by molar-refractivity contribution is 7.89. The lowest BCUT2D eigenvalue weighted by molar-refractivity contribution is 0.527. The molecule has 19 heavy (non-hydrogen) atoms. The second-order valence-corrected chi connectivity index (χ2v) is 6.65. The molecule has 6 heteroatoms. The van der Waals surface area contributed by atoms with Crippen LogP contribution in [0.5, 0.6) is 0 Å². The molecule has 0 aliphatic heterocycles. The predicted molar refractivity (Wildman–Crippen MR) is 74.7 cm³/mol. The summed E-state index contributed by atoms with van der Waals surface area (Å²) < 4.78 is 39.8. The first-order chi connectivity index (χ1) is 8.84. The normalized spacial score (nSPS) is 12.0. The van der Waals surface area contributed by atoms with Crippen molar-refractivity contribution < 1.29 is 12.8 Å². The molecule has 0 fully saturated rings. The summed E-state index contributed by atoms with van der Waals surface area (Å²) in [6, 6.07) is 3.84. The highest BCUT2D eigenvalue weighted by atomic mass is 32.2. The number of nitrogen functional groups attached to an aromatic ring is 1. The standard InChI is InChI=1S/C13H21FN2O2S/c1-10(2)6-3-4-9-16-19(17,18)13-11(14)7-5-8-12(13)15/h5,7-8,10,16H,3-4,6,9,15H2,1-2H3. The molecule has 0 saturated carbocycles. The van der Waals surface area contributed by atoms with E-state index in [1.165, 1.54) is 12.1 Å². The van der Waals surface area contributed by atoms with Gasteiger partial charge in [-0.05, 0) is 24.5 Å². The van der Waals surface area contributed by atoms with Gasteiger partial charge in [-0.25, -0.2) is 17.5 Å². The van der Waals surface area contributed by atoms with Crippen LogP contribution in [0.4, 0.5) is 10.1 Å². The summed E-state index contributed by atoms with van der Waals surface area (Å²) in [6.07, 6.45) is 2.71. The van der Waals surface area contributed by atoms with Gasteiger partial charge in [0.15, 0.2) is 0 Å². The van der Waals surface area contributed by atoms with Gasteiger partial charge in [-0.2, -0.15) is 0 Å². The Morgan fingerprint density at radius 2 is 2.00 bits per heavy atom. The lowest BCUT2D eigenvalue weighted by Gasteiger charge is -2.10. The van der Waals surface area contributed by atoms with Crippen LogP contribution in [0.1, 0.15) is 33.1 Å². The fourth-order valence-electron chi connectivity index (χ4n) is 1.77. The fraction of sp³-hybridized carbons (Fsp3) is 0.538. The predicted octanol–water partition coefficient (Wildman–Crippen LogP) is 2.51. The minimum absolute atomic E-state index is 0.0744. The lowest BCUT2D eigenvalue weighted by Crippen LogP contribution is -2.26. The summed E-state index contributed by atoms with van der Waals surface area (Å²) >= 11 is 0. The van der Waals surface area contributed by atoms with Crippen molar-refractivity contribution in [1.82, 2.24) is 4.72 Å². The van der Waals surface area contributed by atoms with Crippen LogP contribution in [-0.4, -0.2) is 15.0 Å². The molecular formula is C13H21FN2O2S. The molecule has 0 aromatic heterocycles. The minimum Gasteiger partial charge on any atom is -0.398 e.